The Kier molecular flexibility index (Phi) is 11.8. The van der Waals surface area contributed by atoms with Crippen molar-refractivity contribution in [2.45, 2.75) is 95.0 Å². The lowest BCUT2D eigenvalue weighted by Crippen LogP contribution is -2.62. The van der Waals surface area contributed by atoms with E-state index in [4.69, 9.17) is 14.2 Å². The molecule has 5 aliphatic heterocycles. The van der Waals surface area contributed by atoms with Gasteiger partial charge < -0.3 is 50.2 Å². The minimum absolute atomic E-state index is 0.0421. The van der Waals surface area contributed by atoms with E-state index in [0.29, 0.717) is 62.3 Å². The van der Waals surface area contributed by atoms with Crippen LogP contribution >= 0.6 is 0 Å². The van der Waals surface area contributed by atoms with Crippen molar-refractivity contribution in [3.8, 4) is 11.5 Å². The van der Waals surface area contributed by atoms with Gasteiger partial charge in [0.15, 0.2) is 11.5 Å². The van der Waals surface area contributed by atoms with Gasteiger partial charge in [-0.15, -0.1) is 0 Å². The molecule has 0 radical (unpaired) electrons. The van der Waals surface area contributed by atoms with Gasteiger partial charge in [0.05, 0.1) is 0 Å². The van der Waals surface area contributed by atoms with E-state index in [9.17, 15) is 33.6 Å². The molecular weight excluding hydrogens is 738 g/mol. The summed E-state index contributed by atoms with van der Waals surface area (Å²) < 4.78 is 16.5. The molecule has 5 heterocycles. The summed E-state index contributed by atoms with van der Waals surface area (Å²) in [5.41, 5.74) is 1.10. The van der Waals surface area contributed by atoms with E-state index >= 15 is 0 Å². The number of ether oxygens (including phenoxy) is 3. The Hall–Kier alpha value is -5.87. The van der Waals surface area contributed by atoms with Crippen LogP contribution in [0, 0.1) is 5.92 Å². The maximum absolute atomic E-state index is 14.5. The first-order valence-corrected chi connectivity index (χ1v) is 19.7. The number of carbonyl (C=O) groups is 7. The number of anilines is 1. The third-order valence-corrected chi connectivity index (χ3v) is 11.2. The Balaban J connectivity index is 1.16. The zero-order valence-electron chi connectivity index (χ0n) is 32.1. The Morgan fingerprint density at radius 3 is 2.35 bits per heavy atom. The van der Waals surface area contributed by atoms with E-state index in [1.165, 1.54) is 14.7 Å². The fourth-order valence-corrected chi connectivity index (χ4v) is 8.35. The summed E-state index contributed by atoms with van der Waals surface area (Å²) in [5, 5.41) is 10.9. The average molecular weight is 788 g/mol. The maximum atomic E-state index is 14.5. The smallest absolute Gasteiger partial charge is 0.328 e. The molecule has 5 aliphatic rings. The van der Waals surface area contributed by atoms with Gasteiger partial charge in [0.1, 0.15) is 42.9 Å². The summed E-state index contributed by atoms with van der Waals surface area (Å²) >= 11 is 0. The van der Waals surface area contributed by atoms with Crippen molar-refractivity contribution >= 4 is 47.2 Å². The number of urea groups is 1. The van der Waals surface area contributed by atoms with Gasteiger partial charge in [-0.05, 0) is 69.1 Å². The Morgan fingerprint density at radius 2 is 1.54 bits per heavy atom. The van der Waals surface area contributed by atoms with Crippen LogP contribution in [0.15, 0.2) is 48.5 Å². The van der Waals surface area contributed by atoms with Crippen LogP contribution in [-0.4, -0.2) is 126 Å². The average Bonchev–Trinajstić information content (AvgIpc) is 3.98. The lowest BCUT2D eigenvalue weighted by Gasteiger charge is -2.39. The molecule has 0 saturated carbocycles. The molecule has 0 bridgehead atoms. The summed E-state index contributed by atoms with van der Waals surface area (Å²) in [4.78, 5) is 102. The van der Waals surface area contributed by atoms with Crippen LogP contribution < -0.4 is 30.7 Å². The third-order valence-electron chi connectivity index (χ3n) is 11.2. The summed E-state index contributed by atoms with van der Waals surface area (Å²) in [6.07, 6.45) is 2.94. The van der Waals surface area contributed by atoms with Crippen molar-refractivity contribution < 1.29 is 47.8 Å². The number of piperidine rings is 1. The second-order valence-corrected chi connectivity index (χ2v) is 15.4. The Bertz CT molecular complexity index is 1890. The topological polar surface area (TPSA) is 205 Å². The van der Waals surface area contributed by atoms with Crippen LogP contribution in [-0.2, 0) is 39.9 Å². The zero-order valence-corrected chi connectivity index (χ0v) is 32.1. The van der Waals surface area contributed by atoms with Crippen LogP contribution in [0.5, 0.6) is 11.5 Å². The van der Waals surface area contributed by atoms with Gasteiger partial charge in [-0.1, -0.05) is 37.3 Å². The lowest BCUT2D eigenvalue weighted by atomic mass is 9.99. The standard InChI is InChI=1S/C40H49N7O10/c1-23-17-31-39(53)55-21-28(43-34(48)27(18-25-9-4-3-5-10-25)44-40(54)42-26-13-14-32-33(19-26)57-22-56-32)37(51)46-16-8-12-30(46)38(52)45-15-7-6-11-29(45)35(49)41-24(2)36(50)47(31)20-23/h3-5,9-10,13-14,19,23-24,27-31H,6-8,11-12,15-18,20-22H2,1-2H3,(H,41,49)(H,43,48)(H2,42,44,54)/t23-,24+,27+,28+,29+,30+,31+/m1/s1. The number of rotatable bonds is 6. The van der Waals surface area contributed by atoms with E-state index in [1.54, 1.807) is 49.4 Å². The first kappa shape index (κ1) is 39.4. The molecule has 57 heavy (non-hydrogen) atoms. The van der Waals surface area contributed by atoms with Gasteiger partial charge in [0.25, 0.3) is 0 Å². The van der Waals surface area contributed by atoms with Crippen LogP contribution in [0.25, 0.3) is 0 Å². The molecule has 17 nitrogen and oxygen atoms in total. The van der Waals surface area contributed by atoms with Gasteiger partial charge in [-0.25, -0.2) is 9.59 Å². The van der Waals surface area contributed by atoms with Gasteiger partial charge in [-0.2, -0.15) is 0 Å². The predicted molar refractivity (Wildman–Crippen MR) is 203 cm³/mol. The normalized spacial score (nSPS) is 27.1. The molecule has 304 valence electrons. The molecule has 2 aromatic rings. The Labute approximate surface area is 330 Å². The molecule has 0 aliphatic carbocycles. The summed E-state index contributed by atoms with van der Waals surface area (Å²) in [6, 6.07) is 6.76. The minimum Gasteiger partial charge on any atom is -0.461 e. The lowest BCUT2D eigenvalue weighted by molar-refractivity contribution is -0.158. The molecule has 0 aromatic heterocycles. The first-order valence-electron chi connectivity index (χ1n) is 19.7. The van der Waals surface area contributed by atoms with Gasteiger partial charge in [0, 0.05) is 37.8 Å². The van der Waals surface area contributed by atoms with Crippen LogP contribution in [0.3, 0.4) is 0 Å². The van der Waals surface area contributed by atoms with Crippen LogP contribution in [0.1, 0.15) is 57.9 Å². The quantitative estimate of drug-likeness (QED) is 0.309. The highest BCUT2D eigenvalue weighted by molar-refractivity contribution is 5.98. The van der Waals surface area contributed by atoms with E-state index < -0.39 is 84.4 Å². The molecule has 4 fully saturated rings. The number of esters is 1. The fraction of sp³-hybridized carbons (Fsp3) is 0.525. The number of nitrogens with zero attached hydrogens (tertiary/aromatic N) is 3. The largest absolute Gasteiger partial charge is 0.461 e. The molecule has 17 heteroatoms. The first-order chi connectivity index (χ1) is 27.5. The van der Waals surface area contributed by atoms with Gasteiger partial charge >= 0.3 is 12.0 Å². The van der Waals surface area contributed by atoms with E-state index in [1.807, 2.05) is 13.0 Å². The maximum Gasteiger partial charge on any atom is 0.328 e. The monoisotopic (exact) mass is 787 g/mol. The molecule has 2 aromatic carbocycles. The van der Waals surface area contributed by atoms with Crippen molar-refractivity contribution in [1.82, 2.24) is 30.7 Å². The van der Waals surface area contributed by atoms with E-state index in [2.05, 4.69) is 21.3 Å². The SMILES string of the molecule is C[C@@H]1C[C@H]2C(=O)OC[C@H](NC(=O)[C@H](Cc3ccccc3)NC(=O)Nc3ccc4c(c3)OCO4)C(=O)N3CCC[C@H]3C(=O)N3CCCC[C@H]3C(=O)N[C@@H](C)C(=O)N2C1. The van der Waals surface area contributed by atoms with Crippen molar-refractivity contribution in [2.24, 2.45) is 5.92 Å². The van der Waals surface area contributed by atoms with Crippen LogP contribution in [0.4, 0.5) is 10.5 Å². The molecule has 0 spiro atoms. The van der Waals surface area contributed by atoms with Crippen molar-refractivity contribution in [3.05, 3.63) is 54.1 Å². The van der Waals surface area contributed by atoms with Crippen molar-refractivity contribution in [3.63, 3.8) is 0 Å². The number of carbonyl (C=O) groups excluding carboxylic acids is 7. The number of benzene rings is 2. The Morgan fingerprint density at radius 1 is 0.807 bits per heavy atom. The number of nitrogens with one attached hydrogen (secondary N) is 4. The number of amides is 7. The molecule has 0 unspecified atom stereocenters. The molecule has 4 saturated heterocycles. The number of hydrogen-bond donors (Lipinski definition) is 4. The van der Waals surface area contributed by atoms with Gasteiger partial charge in [0.2, 0.25) is 36.3 Å². The van der Waals surface area contributed by atoms with Crippen molar-refractivity contribution in [2.75, 3.05) is 38.4 Å². The minimum atomic E-state index is -1.46. The van der Waals surface area contributed by atoms with Gasteiger partial charge in [-0.3, -0.25) is 24.0 Å². The van der Waals surface area contributed by atoms with Crippen LogP contribution in [0.2, 0.25) is 0 Å². The highest BCUT2D eigenvalue weighted by Gasteiger charge is 2.46. The predicted octanol–water partition coefficient (Wildman–Crippen LogP) is 1.30. The highest BCUT2D eigenvalue weighted by Crippen LogP contribution is 2.34. The number of fused-ring (bicyclic) bond motifs is 4. The van der Waals surface area contributed by atoms with E-state index in [0.717, 1.165) is 5.56 Å². The zero-order chi connectivity index (χ0) is 40.2. The third kappa shape index (κ3) is 8.76. The molecule has 7 atom stereocenters. The second kappa shape index (κ2) is 17.1. The number of hydrogen-bond acceptors (Lipinski definition) is 10. The molecule has 4 N–H and O–H groups in total. The summed E-state index contributed by atoms with van der Waals surface area (Å²) in [7, 11) is 0. The van der Waals surface area contributed by atoms with Crippen molar-refractivity contribution in [1.29, 1.82) is 0 Å². The summed E-state index contributed by atoms with van der Waals surface area (Å²) in [5.74, 6) is -2.56. The fourth-order valence-electron chi connectivity index (χ4n) is 8.35. The molecule has 7 rings (SSSR count). The molecular formula is C40H49N7O10. The van der Waals surface area contributed by atoms with E-state index in [-0.39, 0.29) is 32.2 Å². The molecule has 7 amide bonds. The highest BCUT2D eigenvalue weighted by atomic mass is 16.7. The summed E-state index contributed by atoms with van der Waals surface area (Å²) in [6.45, 7) is 3.68. The number of cyclic esters (lactones) is 1. The second-order valence-electron chi connectivity index (χ2n) is 15.4.